The second-order valence-electron chi connectivity index (χ2n) is 7.10. The van der Waals surface area contributed by atoms with E-state index in [1.807, 2.05) is 12.1 Å². The molecule has 136 valence electrons. The van der Waals surface area contributed by atoms with Gasteiger partial charge in [-0.25, -0.2) is 4.79 Å². The summed E-state index contributed by atoms with van der Waals surface area (Å²) in [5, 5.41) is 15.9. The molecule has 0 atom stereocenters. The molecule has 0 aromatic heterocycles. The molecule has 27 heavy (non-hydrogen) atoms. The lowest BCUT2D eigenvalue weighted by Gasteiger charge is -2.44. The van der Waals surface area contributed by atoms with Crippen molar-refractivity contribution in [2.45, 2.75) is 37.6 Å². The molecule has 0 unspecified atom stereocenters. The predicted molar refractivity (Wildman–Crippen MR) is 104 cm³/mol. The van der Waals surface area contributed by atoms with Crippen molar-refractivity contribution in [3.05, 3.63) is 52.0 Å². The second kappa shape index (κ2) is 6.71. The molecule has 4 rings (SSSR count). The molecule has 2 aliphatic rings. The van der Waals surface area contributed by atoms with Gasteiger partial charge >= 0.3 is 6.03 Å². The number of hydrogen-bond acceptors (Lipinski definition) is 3. The Balaban J connectivity index is 1.97. The molecule has 6 heteroatoms. The first-order chi connectivity index (χ1) is 13.1. The van der Waals surface area contributed by atoms with E-state index in [9.17, 15) is 14.9 Å². The molecule has 1 aliphatic carbocycles. The third-order valence-corrected chi connectivity index (χ3v) is 5.86. The van der Waals surface area contributed by atoms with Gasteiger partial charge in [-0.2, -0.15) is 5.26 Å². The van der Waals surface area contributed by atoms with Crippen LogP contribution in [0.25, 0.3) is 11.1 Å². The van der Waals surface area contributed by atoms with Crippen LogP contribution < -0.4 is 10.6 Å². The SMILES string of the molecule is N#Cc1cc(-c2ccc(Cl)c3c2C2(CCCCC2)NC(=O)N3)ccc1C=O. The van der Waals surface area contributed by atoms with E-state index in [1.54, 1.807) is 18.2 Å². The number of fused-ring (bicyclic) bond motifs is 2. The van der Waals surface area contributed by atoms with Gasteiger partial charge in [0.05, 0.1) is 27.9 Å². The molecule has 2 N–H and O–H groups in total. The zero-order valence-corrected chi connectivity index (χ0v) is 15.4. The number of hydrogen-bond donors (Lipinski definition) is 2. The number of nitrogens with zero attached hydrogens (tertiary/aromatic N) is 1. The number of carbonyl (C=O) groups is 2. The van der Waals surface area contributed by atoms with E-state index < -0.39 is 5.54 Å². The van der Waals surface area contributed by atoms with Crippen LogP contribution in [0.3, 0.4) is 0 Å². The summed E-state index contributed by atoms with van der Waals surface area (Å²) in [7, 11) is 0. The summed E-state index contributed by atoms with van der Waals surface area (Å²) in [5.41, 5.74) is 3.58. The fourth-order valence-electron chi connectivity index (χ4n) is 4.32. The molecule has 0 saturated heterocycles. The number of carbonyl (C=O) groups excluding carboxylic acids is 2. The minimum absolute atomic E-state index is 0.238. The number of amides is 2. The summed E-state index contributed by atoms with van der Waals surface area (Å²) in [6.45, 7) is 0. The highest BCUT2D eigenvalue weighted by Crippen LogP contribution is 2.49. The van der Waals surface area contributed by atoms with Gasteiger partial charge in [-0.1, -0.05) is 43.0 Å². The summed E-state index contributed by atoms with van der Waals surface area (Å²) in [5.74, 6) is 0. The number of benzene rings is 2. The van der Waals surface area contributed by atoms with Crippen LogP contribution in [0.2, 0.25) is 5.02 Å². The Labute approximate surface area is 162 Å². The lowest BCUT2D eigenvalue weighted by molar-refractivity contribution is 0.112. The van der Waals surface area contributed by atoms with Gasteiger partial charge in [0.1, 0.15) is 0 Å². The Bertz CT molecular complexity index is 988. The predicted octanol–water partition coefficient (Wildman–Crippen LogP) is 4.99. The zero-order valence-electron chi connectivity index (χ0n) is 14.6. The highest BCUT2D eigenvalue weighted by Gasteiger charge is 2.43. The maximum atomic E-state index is 12.3. The molecule has 1 fully saturated rings. The standard InChI is InChI=1S/C21H18ClN3O2/c22-17-7-6-16(13-4-5-14(12-26)15(10-13)11-23)18-19(17)24-20(27)25-21(18)8-2-1-3-9-21/h4-7,10,12H,1-3,8-9H2,(H2,24,25,27). The Hall–Kier alpha value is -2.84. The number of nitrogens with one attached hydrogen (secondary N) is 2. The van der Waals surface area contributed by atoms with Crippen molar-refractivity contribution in [1.82, 2.24) is 5.32 Å². The number of aldehydes is 1. The minimum atomic E-state index is -0.466. The maximum absolute atomic E-state index is 12.3. The Morgan fingerprint density at radius 2 is 1.93 bits per heavy atom. The molecular formula is C21H18ClN3O2. The van der Waals surface area contributed by atoms with Crippen molar-refractivity contribution in [3.8, 4) is 17.2 Å². The number of rotatable bonds is 2. The van der Waals surface area contributed by atoms with Gasteiger partial charge in [0.25, 0.3) is 0 Å². The summed E-state index contributed by atoms with van der Waals surface area (Å²) in [6, 6.07) is 10.7. The van der Waals surface area contributed by atoms with Crippen molar-refractivity contribution >= 4 is 29.6 Å². The monoisotopic (exact) mass is 379 g/mol. The third-order valence-electron chi connectivity index (χ3n) is 5.54. The lowest BCUT2D eigenvalue weighted by Crippen LogP contribution is -2.53. The van der Waals surface area contributed by atoms with Gasteiger partial charge in [-0.3, -0.25) is 4.79 Å². The van der Waals surface area contributed by atoms with E-state index in [-0.39, 0.29) is 6.03 Å². The van der Waals surface area contributed by atoms with Gasteiger partial charge < -0.3 is 10.6 Å². The average Bonchev–Trinajstić information content (AvgIpc) is 2.69. The van der Waals surface area contributed by atoms with Crippen LogP contribution >= 0.6 is 11.6 Å². The third kappa shape index (κ3) is 2.87. The first-order valence-electron chi connectivity index (χ1n) is 9.00. The van der Waals surface area contributed by atoms with E-state index in [0.29, 0.717) is 28.1 Å². The van der Waals surface area contributed by atoms with Crippen LogP contribution in [0.4, 0.5) is 10.5 Å². The van der Waals surface area contributed by atoms with Crippen molar-refractivity contribution in [1.29, 1.82) is 5.26 Å². The van der Waals surface area contributed by atoms with Crippen LogP contribution in [-0.2, 0) is 5.54 Å². The molecule has 1 aliphatic heterocycles. The molecule has 2 amide bonds. The van der Waals surface area contributed by atoms with E-state index in [4.69, 9.17) is 11.6 Å². The van der Waals surface area contributed by atoms with Crippen molar-refractivity contribution in [2.24, 2.45) is 0 Å². The molecule has 1 spiro atoms. The zero-order chi connectivity index (χ0) is 19.0. The fourth-order valence-corrected chi connectivity index (χ4v) is 4.52. The smallest absolute Gasteiger partial charge is 0.319 e. The van der Waals surface area contributed by atoms with Crippen LogP contribution in [0.5, 0.6) is 0 Å². The van der Waals surface area contributed by atoms with Crippen molar-refractivity contribution in [2.75, 3.05) is 5.32 Å². The van der Waals surface area contributed by atoms with Gasteiger partial charge in [-0.05, 0) is 42.2 Å². The van der Waals surface area contributed by atoms with E-state index in [1.165, 1.54) is 0 Å². The van der Waals surface area contributed by atoms with E-state index >= 15 is 0 Å². The normalized spacial score (nSPS) is 17.4. The second-order valence-corrected chi connectivity index (χ2v) is 7.51. The highest BCUT2D eigenvalue weighted by atomic mass is 35.5. The van der Waals surface area contributed by atoms with Gasteiger partial charge in [0.2, 0.25) is 0 Å². The topological polar surface area (TPSA) is 82.0 Å². The summed E-state index contributed by atoms with van der Waals surface area (Å²) < 4.78 is 0. The fraction of sp³-hybridized carbons (Fsp3) is 0.286. The maximum Gasteiger partial charge on any atom is 0.319 e. The molecule has 1 heterocycles. The Morgan fingerprint density at radius 1 is 1.15 bits per heavy atom. The Kier molecular flexibility index (Phi) is 4.37. The van der Waals surface area contributed by atoms with E-state index in [2.05, 4.69) is 16.7 Å². The molecule has 5 nitrogen and oxygen atoms in total. The number of nitriles is 1. The van der Waals surface area contributed by atoms with Crippen LogP contribution in [0.15, 0.2) is 30.3 Å². The average molecular weight is 380 g/mol. The number of halogens is 1. The lowest BCUT2D eigenvalue weighted by atomic mass is 9.72. The molecule has 2 aromatic carbocycles. The van der Waals surface area contributed by atoms with Crippen LogP contribution in [0, 0.1) is 11.3 Å². The first-order valence-corrected chi connectivity index (χ1v) is 9.37. The van der Waals surface area contributed by atoms with Gasteiger partial charge in [0.15, 0.2) is 6.29 Å². The van der Waals surface area contributed by atoms with Gasteiger partial charge in [-0.15, -0.1) is 0 Å². The van der Waals surface area contributed by atoms with Crippen molar-refractivity contribution in [3.63, 3.8) is 0 Å². The van der Waals surface area contributed by atoms with Gasteiger partial charge in [0, 0.05) is 11.1 Å². The summed E-state index contributed by atoms with van der Waals surface area (Å²) in [4.78, 5) is 23.5. The molecule has 0 radical (unpaired) electrons. The Morgan fingerprint density at radius 3 is 2.63 bits per heavy atom. The highest BCUT2D eigenvalue weighted by molar-refractivity contribution is 6.34. The number of urea groups is 1. The van der Waals surface area contributed by atoms with Crippen molar-refractivity contribution < 1.29 is 9.59 Å². The molecular weight excluding hydrogens is 362 g/mol. The molecule has 0 bridgehead atoms. The minimum Gasteiger partial charge on any atom is -0.328 e. The van der Waals surface area contributed by atoms with Crippen LogP contribution in [-0.4, -0.2) is 12.3 Å². The van der Waals surface area contributed by atoms with Crippen LogP contribution in [0.1, 0.15) is 53.6 Å². The molecule has 1 saturated carbocycles. The first kappa shape index (κ1) is 17.6. The summed E-state index contributed by atoms with van der Waals surface area (Å²) >= 11 is 6.43. The number of anilines is 1. The largest absolute Gasteiger partial charge is 0.328 e. The quantitative estimate of drug-likeness (QED) is 0.721. The molecule has 2 aromatic rings. The van der Waals surface area contributed by atoms with E-state index in [0.717, 1.165) is 48.8 Å². The summed E-state index contributed by atoms with van der Waals surface area (Å²) in [6.07, 6.45) is 5.57.